The second kappa shape index (κ2) is 7.04. The van der Waals surface area contributed by atoms with Crippen molar-refractivity contribution in [3.8, 4) is 17.2 Å². The minimum Gasteiger partial charge on any atom is -0.497 e. The fourth-order valence-corrected chi connectivity index (χ4v) is 2.03. The summed E-state index contributed by atoms with van der Waals surface area (Å²) in [6.07, 6.45) is 0. The van der Waals surface area contributed by atoms with Gasteiger partial charge in [-0.2, -0.15) is 4.98 Å². The first-order valence-electron chi connectivity index (χ1n) is 6.96. The molecule has 5 heteroatoms. The average molecular weight is 287 g/mol. The second-order valence-corrected chi connectivity index (χ2v) is 5.00. The summed E-state index contributed by atoms with van der Waals surface area (Å²) < 4.78 is 10.5. The summed E-state index contributed by atoms with van der Waals surface area (Å²) in [6, 6.07) is 7.56. The Bertz CT molecular complexity index is 590. The van der Waals surface area contributed by atoms with E-state index in [0.717, 1.165) is 30.0 Å². The van der Waals surface area contributed by atoms with Gasteiger partial charge < -0.3 is 9.26 Å². The summed E-state index contributed by atoms with van der Waals surface area (Å²) in [5, 5.41) is 4.04. The molecule has 0 N–H and O–H groups in total. The molecule has 0 amide bonds. The Morgan fingerprint density at radius 2 is 2.05 bits per heavy atom. The van der Waals surface area contributed by atoms with E-state index in [1.807, 2.05) is 31.2 Å². The summed E-state index contributed by atoms with van der Waals surface area (Å²) in [4.78, 5) is 6.65. The number of nitrogens with zero attached hydrogens (tertiary/aromatic N) is 3. The number of benzene rings is 1. The minimum absolute atomic E-state index is 0.527. The zero-order chi connectivity index (χ0) is 15.2. The molecule has 2 aromatic rings. The number of methoxy groups -OCH3 is 1. The molecule has 1 aromatic carbocycles. The molecule has 0 saturated carbocycles. The average Bonchev–Trinajstić information content (AvgIpc) is 2.94. The maximum absolute atomic E-state index is 5.32. The fraction of sp³-hybridized carbons (Fsp3) is 0.375. The van der Waals surface area contributed by atoms with E-state index >= 15 is 0 Å². The van der Waals surface area contributed by atoms with Crippen LogP contribution >= 0.6 is 0 Å². The van der Waals surface area contributed by atoms with E-state index in [9.17, 15) is 0 Å². The van der Waals surface area contributed by atoms with Gasteiger partial charge in [0.15, 0.2) is 5.82 Å². The van der Waals surface area contributed by atoms with Crippen LogP contribution in [0.3, 0.4) is 0 Å². The third-order valence-corrected chi connectivity index (χ3v) is 3.11. The maximum Gasteiger partial charge on any atom is 0.257 e. The number of likely N-dealkylation sites (N-methyl/N-ethyl adjacent to an activating group) is 1. The molecule has 2 rings (SSSR count). The van der Waals surface area contributed by atoms with Crippen molar-refractivity contribution in [3.63, 3.8) is 0 Å². The van der Waals surface area contributed by atoms with Crippen molar-refractivity contribution >= 4 is 0 Å². The largest absolute Gasteiger partial charge is 0.497 e. The van der Waals surface area contributed by atoms with Crippen LogP contribution in [0, 0.1) is 0 Å². The Balaban J connectivity index is 2.07. The Kier molecular flexibility index (Phi) is 5.11. The lowest BCUT2D eigenvalue weighted by Crippen LogP contribution is -2.25. The standard InChI is InChI=1S/C16H21N3O2/c1-5-19(10-12(2)3)11-15-17-16(21-18-15)13-6-8-14(20-4)9-7-13/h6-9H,2,5,10-11H2,1,3-4H3. The van der Waals surface area contributed by atoms with Crippen LogP contribution in [0.2, 0.25) is 0 Å². The first-order valence-corrected chi connectivity index (χ1v) is 6.96. The molecule has 0 saturated heterocycles. The van der Waals surface area contributed by atoms with Crippen LogP contribution in [-0.4, -0.2) is 35.2 Å². The van der Waals surface area contributed by atoms with Gasteiger partial charge in [-0.1, -0.05) is 24.2 Å². The molecule has 21 heavy (non-hydrogen) atoms. The Morgan fingerprint density at radius 1 is 1.33 bits per heavy atom. The van der Waals surface area contributed by atoms with Crippen LogP contribution in [0.5, 0.6) is 5.75 Å². The van der Waals surface area contributed by atoms with Crippen molar-refractivity contribution in [3.05, 3.63) is 42.2 Å². The fourth-order valence-electron chi connectivity index (χ4n) is 2.03. The van der Waals surface area contributed by atoms with E-state index in [0.29, 0.717) is 18.3 Å². The smallest absolute Gasteiger partial charge is 0.257 e. The molecule has 0 fully saturated rings. The van der Waals surface area contributed by atoms with Crippen LogP contribution in [0.25, 0.3) is 11.5 Å². The molecule has 0 radical (unpaired) electrons. The summed E-state index contributed by atoms with van der Waals surface area (Å²) in [5.41, 5.74) is 2.01. The van der Waals surface area contributed by atoms with E-state index in [1.54, 1.807) is 7.11 Å². The van der Waals surface area contributed by atoms with E-state index in [4.69, 9.17) is 9.26 Å². The predicted molar refractivity (Wildman–Crippen MR) is 82.1 cm³/mol. The molecular formula is C16H21N3O2. The van der Waals surface area contributed by atoms with E-state index in [1.165, 1.54) is 0 Å². The van der Waals surface area contributed by atoms with Crippen molar-refractivity contribution in [1.82, 2.24) is 15.0 Å². The molecule has 0 aliphatic carbocycles. The predicted octanol–water partition coefficient (Wildman–Crippen LogP) is 3.14. The molecule has 1 aromatic heterocycles. The van der Waals surface area contributed by atoms with Gasteiger partial charge in [0.05, 0.1) is 13.7 Å². The summed E-state index contributed by atoms with van der Waals surface area (Å²) >= 11 is 0. The normalized spacial score (nSPS) is 10.9. The monoisotopic (exact) mass is 287 g/mol. The van der Waals surface area contributed by atoms with Gasteiger partial charge in [-0.3, -0.25) is 4.90 Å². The molecule has 0 aliphatic rings. The first-order chi connectivity index (χ1) is 10.1. The van der Waals surface area contributed by atoms with Gasteiger partial charge in [0.2, 0.25) is 0 Å². The van der Waals surface area contributed by atoms with Crippen molar-refractivity contribution in [2.45, 2.75) is 20.4 Å². The van der Waals surface area contributed by atoms with E-state index in [-0.39, 0.29) is 0 Å². The summed E-state index contributed by atoms with van der Waals surface area (Å²) in [5.74, 6) is 2.01. The van der Waals surface area contributed by atoms with Crippen molar-refractivity contribution in [2.75, 3.05) is 20.2 Å². The summed E-state index contributed by atoms with van der Waals surface area (Å²) in [7, 11) is 1.64. The van der Waals surface area contributed by atoms with Crippen LogP contribution in [0.15, 0.2) is 40.9 Å². The maximum atomic E-state index is 5.32. The Hall–Kier alpha value is -2.14. The number of hydrogen-bond acceptors (Lipinski definition) is 5. The second-order valence-electron chi connectivity index (χ2n) is 5.00. The first kappa shape index (κ1) is 15.3. The van der Waals surface area contributed by atoms with Crippen molar-refractivity contribution in [2.24, 2.45) is 0 Å². The quantitative estimate of drug-likeness (QED) is 0.732. The molecule has 0 aliphatic heterocycles. The van der Waals surface area contributed by atoms with Gasteiger partial charge in [0, 0.05) is 12.1 Å². The summed E-state index contributed by atoms with van der Waals surface area (Å²) in [6.45, 7) is 10.5. The van der Waals surface area contributed by atoms with Crippen molar-refractivity contribution in [1.29, 1.82) is 0 Å². The molecule has 0 unspecified atom stereocenters. The van der Waals surface area contributed by atoms with Gasteiger partial charge in [0.1, 0.15) is 5.75 Å². The van der Waals surface area contributed by atoms with Crippen LogP contribution in [0.4, 0.5) is 0 Å². The third kappa shape index (κ3) is 4.16. The number of rotatable bonds is 7. The van der Waals surface area contributed by atoms with E-state index in [2.05, 4.69) is 28.5 Å². The lowest BCUT2D eigenvalue weighted by Gasteiger charge is -2.17. The highest BCUT2D eigenvalue weighted by Gasteiger charge is 2.12. The van der Waals surface area contributed by atoms with E-state index < -0.39 is 0 Å². The van der Waals surface area contributed by atoms with Gasteiger partial charge in [0.25, 0.3) is 5.89 Å². The number of aromatic nitrogens is 2. The lowest BCUT2D eigenvalue weighted by atomic mass is 10.2. The van der Waals surface area contributed by atoms with Gasteiger partial charge >= 0.3 is 0 Å². The molecule has 1 heterocycles. The zero-order valence-corrected chi connectivity index (χ0v) is 12.8. The van der Waals surface area contributed by atoms with Gasteiger partial charge in [-0.15, -0.1) is 0 Å². The molecule has 0 atom stereocenters. The Morgan fingerprint density at radius 3 is 2.62 bits per heavy atom. The number of hydrogen-bond donors (Lipinski definition) is 0. The molecule has 0 spiro atoms. The molecular weight excluding hydrogens is 266 g/mol. The zero-order valence-electron chi connectivity index (χ0n) is 12.8. The van der Waals surface area contributed by atoms with Crippen LogP contribution < -0.4 is 4.74 Å². The van der Waals surface area contributed by atoms with Gasteiger partial charge in [-0.05, 0) is 37.7 Å². The topological polar surface area (TPSA) is 51.4 Å². The highest BCUT2D eigenvalue weighted by molar-refractivity contribution is 5.54. The van der Waals surface area contributed by atoms with Gasteiger partial charge in [-0.25, -0.2) is 0 Å². The minimum atomic E-state index is 0.527. The SMILES string of the molecule is C=C(C)CN(CC)Cc1noc(-c2ccc(OC)cc2)n1. The molecule has 0 bridgehead atoms. The van der Waals surface area contributed by atoms with Crippen molar-refractivity contribution < 1.29 is 9.26 Å². The lowest BCUT2D eigenvalue weighted by molar-refractivity contribution is 0.289. The van der Waals surface area contributed by atoms with Crippen LogP contribution in [0.1, 0.15) is 19.7 Å². The highest BCUT2D eigenvalue weighted by Crippen LogP contribution is 2.20. The number of ether oxygens (including phenoxy) is 1. The highest BCUT2D eigenvalue weighted by atomic mass is 16.5. The Labute approximate surface area is 125 Å². The molecule has 112 valence electrons. The molecule has 5 nitrogen and oxygen atoms in total. The third-order valence-electron chi connectivity index (χ3n) is 3.11. The van der Waals surface area contributed by atoms with Crippen LogP contribution in [-0.2, 0) is 6.54 Å².